The highest BCUT2D eigenvalue weighted by Gasteiger charge is 2.32. The molecule has 150 valence electrons. The minimum atomic E-state index is -3.61. The van der Waals surface area contributed by atoms with E-state index < -0.39 is 10.0 Å². The van der Waals surface area contributed by atoms with Gasteiger partial charge in [-0.15, -0.1) is 0 Å². The second-order valence-corrected chi connectivity index (χ2v) is 9.15. The number of rotatable bonds is 5. The maximum atomic E-state index is 12.9. The van der Waals surface area contributed by atoms with Crippen LogP contribution in [0.5, 0.6) is 0 Å². The van der Waals surface area contributed by atoms with Crippen LogP contribution in [0.4, 0.5) is 0 Å². The molecule has 7 heteroatoms. The van der Waals surface area contributed by atoms with E-state index in [4.69, 9.17) is 4.74 Å². The molecule has 0 spiro atoms. The fraction of sp³-hybridized carbons (Fsp3) is 0.381. The second-order valence-electron chi connectivity index (χ2n) is 7.21. The van der Waals surface area contributed by atoms with Gasteiger partial charge in [-0.05, 0) is 50.6 Å². The highest BCUT2D eigenvalue weighted by molar-refractivity contribution is 7.89. The molecule has 1 aliphatic rings. The first-order valence-corrected chi connectivity index (χ1v) is 10.8. The van der Waals surface area contributed by atoms with Gasteiger partial charge in [0, 0.05) is 18.7 Å². The fourth-order valence-electron chi connectivity index (χ4n) is 3.36. The zero-order valence-corrected chi connectivity index (χ0v) is 17.1. The first-order chi connectivity index (χ1) is 13.3. The zero-order valence-electron chi connectivity index (χ0n) is 16.3. The summed E-state index contributed by atoms with van der Waals surface area (Å²) in [5.41, 5.74) is 1.43. The van der Waals surface area contributed by atoms with E-state index in [1.165, 1.54) is 16.4 Å². The van der Waals surface area contributed by atoms with Gasteiger partial charge in [-0.1, -0.05) is 30.3 Å². The van der Waals surface area contributed by atoms with Gasteiger partial charge in [0.15, 0.2) is 0 Å². The zero-order chi connectivity index (χ0) is 20.3. The van der Waals surface area contributed by atoms with E-state index in [1.807, 2.05) is 51.1 Å². The maximum absolute atomic E-state index is 12.9. The summed E-state index contributed by atoms with van der Waals surface area (Å²) in [4.78, 5) is 12.7. The molecule has 1 amide bonds. The number of amides is 1. The first kappa shape index (κ1) is 20.5. The molecule has 2 aromatic carbocycles. The Kier molecular flexibility index (Phi) is 6.17. The fourth-order valence-corrected chi connectivity index (χ4v) is 4.95. The first-order valence-electron chi connectivity index (χ1n) is 9.39. The minimum absolute atomic E-state index is 0.145. The summed E-state index contributed by atoms with van der Waals surface area (Å²) < 4.78 is 32.8. The van der Waals surface area contributed by atoms with Crippen LogP contribution in [0.25, 0.3) is 0 Å². The van der Waals surface area contributed by atoms with Gasteiger partial charge >= 0.3 is 0 Å². The maximum Gasteiger partial charge on any atom is 0.251 e. The van der Waals surface area contributed by atoms with Crippen molar-refractivity contribution >= 4 is 15.9 Å². The van der Waals surface area contributed by atoms with Crippen molar-refractivity contribution in [2.24, 2.45) is 0 Å². The van der Waals surface area contributed by atoms with Gasteiger partial charge in [-0.3, -0.25) is 4.79 Å². The van der Waals surface area contributed by atoms with Crippen LogP contribution >= 0.6 is 0 Å². The topological polar surface area (TPSA) is 75.7 Å². The largest absolute Gasteiger partial charge is 0.373 e. The van der Waals surface area contributed by atoms with E-state index in [0.717, 1.165) is 5.56 Å². The molecular formula is C21H26N2O4S. The smallest absolute Gasteiger partial charge is 0.251 e. The van der Waals surface area contributed by atoms with Crippen LogP contribution in [-0.2, 0) is 14.8 Å². The molecule has 0 aromatic heterocycles. The Morgan fingerprint density at radius 1 is 1.04 bits per heavy atom. The average molecular weight is 403 g/mol. The normalized spacial score (nSPS) is 21.8. The van der Waals surface area contributed by atoms with Crippen LogP contribution in [0.1, 0.15) is 42.7 Å². The molecule has 3 atom stereocenters. The van der Waals surface area contributed by atoms with Crippen molar-refractivity contribution in [2.45, 2.75) is 43.9 Å². The van der Waals surface area contributed by atoms with Crippen molar-refractivity contribution in [3.63, 3.8) is 0 Å². The highest BCUT2D eigenvalue weighted by atomic mass is 32.2. The molecule has 1 N–H and O–H groups in total. The van der Waals surface area contributed by atoms with Crippen LogP contribution in [0.2, 0.25) is 0 Å². The Morgan fingerprint density at radius 2 is 1.61 bits per heavy atom. The molecule has 28 heavy (non-hydrogen) atoms. The molecule has 0 saturated carbocycles. The number of benzene rings is 2. The van der Waals surface area contributed by atoms with Crippen molar-refractivity contribution < 1.29 is 17.9 Å². The van der Waals surface area contributed by atoms with Crippen molar-refractivity contribution in [3.8, 4) is 0 Å². The summed E-state index contributed by atoms with van der Waals surface area (Å²) in [5, 5.41) is 2.93. The standard InChI is InChI=1S/C21H26N2O4S/c1-15-13-23(14-16(2)27-15)28(25,26)20-11-9-19(10-12-20)21(24)22-17(3)18-7-5-4-6-8-18/h4-12,15-17H,13-14H2,1-3H3,(H,22,24)/t15-,16+,17-/m0/s1. The van der Waals surface area contributed by atoms with Gasteiger partial charge in [0.2, 0.25) is 10.0 Å². The van der Waals surface area contributed by atoms with Crippen molar-refractivity contribution in [2.75, 3.05) is 13.1 Å². The number of sulfonamides is 1. The summed E-state index contributed by atoms with van der Waals surface area (Å²) >= 11 is 0. The number of nitrogens with zero attached hydrogens (tertiary/aromatic N) is 1. The second kappa shape index (κ2) is 8.43. The molecule has 6 nitrogen and oxygen atoms in total. The van der Waals surface area contributed by atoms with E-state index >= 15 is 0 Å². The van der Waals surface area contributed by atoms with Gasteiger partial charge in [0.1, 0.15) is 0 Å². The van der Waals surface area contributed by atoms with Gasteiger partial charge in [-0.2, -0.15) is 4.31 Å². The SMILES string of the molecule is C[C@@H]1CN(S(=O)(=O)c2ccc(C(=O)N[C@@H](C)c3ccccc3)cc2)C[C@H](C)O1. The lowest BCUT2D eigenvalue weighted by Crippen LogP contribution is -2.48. The van der Waals surface area contributed by atoms with Crippen LogP contribution in [0, 0.1) is 0 Å². The molecule has 0 radical (unpaired) electrons. The molecule has 0 aliphatic carbocycles. The summed E-state index contributed by atoms with van der Waals surface area (Å²) in [6, 6.07) is 15.6. The Hall–Kier alpha value is -2.22. The van der Waals surface area contributed by atoms with Crippen molar-refractivity contribution in [3.05, 3.63) is 65.7 Å². The van der Waals surface area contributed by atoms with Crippen LogP contribution < -0.4 is 5.32 Å². The average Bonchev–Trinajstić information content (AvgIpc) is 2.68. The molecule has 3 rings (SSSR count). The van der Waals surface area contributed by atoms with E-state index in [0.29, 0.717) is 18.7 Å². The van der Waals surface area contributed by atoms with E-state index in [1.54, 1.807) is 12.1 Å². The summed E-state index contributed by atoms with van der Waals surface area (Å²) in [6.45, 7) is 6.28. The number of nitrogens with one attached hydrogen (secondary N) is 1. The molecule has 1 saturated heterocycles. The monoisotopic (exact) mass is 402 g/mol. The quantitative estimate of drug-likeness (QED) is 0.834. The third-order valence-electron chi connectivity index (χ3n) is 4.79. The van der Waals surface area contributed by atoms with Gasteiger partial charge < -0.3 is 10.1 Å². The van der Waals surface area contributed by atoms with E-state index in [9.17, 15) is 13.2 Å². The summed E-state index contributed by atoms with van der Waals surface area (Å²) in [5.74, 6) is -0.242. The molecule has 0 unspecified atom stereocenters. The lowest BCUT2D eigenvalue weighted by molar-refractivity contribution is -0.0440. The Morgan fingerprint density at radius 3 is 2.18 bits per heavy atom. The number of ether oxygens (including phenoxy) is 1. The predicted molar refractivity (Wildman–Crippen MR) is 108 cm³/mol. The minimum Gasteiger partial charge on any atom is -0.373 e. The Bertz CT molecular complexity index is 903. The van der Waals surface area contributed by atoms with Gasteiger partial charge in [0.05, 0.1) is 23.1 Å². The van der Waals surface area contributed by atoms with Crippen molar-refractivity contribution in [1.29, 1.82) is 0 Å². The third kappa shape index (κ3) is 4.60. The summed E-state index contributed by atoms with van der Waals surface area (Å²) in [6.07, 6.45) is -0.300. The van der Waals surface area contributed by atoms with E-state index in [2.05, 4.69) is 5.32 Å². The highest BCUT2D eigenvalue weighted by Crippen LogP contribution is 2.22. The molecule has 0 bridgehead atoms. The number of carbonyl (C=O) groups excluding carboxylic acids is 1. The number of morpholine rings is 1. The number of hydrogen-bond donors (Lipinski definition) is 1. The van der Waals surface area contributed by atoms with Gasteiger partial charge in [0.25, 0.3) is 5.91 Å². The number of hydrogen-bond acceptors (Lipinski definition) is 4. The molecular weight excluding hydrogens is 376 g/mol. The Balaban J connectivity index is 1.71. The van der Waals surface area contributed by atoms with Crippen LogP contribution in [0.3, 0.4) is 0 Å². The van der Waals surface area contributed by atoms with E-state index in [-0.39, 0.29) is 29.1 Å². The van der Waals surface area contributed by atoms with Crippen molar-refractivity contribution in [1.82, 2.24) is 9.62 Å². The van der Waals surface area contributed by atoms with Crippen LogP contribution in [0.15, 0.2) is 59.5 Å². The Labute approximate surface area is 166 Å². The number of carbonyl (C=O) groups is 1. The molecule has 1 aliphatic heterocycles. The molecule has 1 heterocycles. The lowest BCUT2D eigenvalue weighted by atomic mass is 10.1. The van der Waals surface area contributed by atoms with Crippen LogP contribution in [-0.4, -0.2) is 43.9 Å². The predicted octanol–water partition coefficient (Wildman–Crippen LogP) is 2.98. The molecule has 2 aromatic rings. The molecule has 1 fully saturated rings. The third-order valence-corrected chi connectivity index (χ3v) is 6.63. The van der Waals surface area contributed by atoms with Gasteiger partial charge in [-0.25, -0.2) is 8.42 Å². The summed E-state index contributed by atoms with van der Waals surface area (Å²) in [7, 11) is -3.61. The lowest BCUT2D eigenvalue weighted by Gasteiger charge is -2.34.